The molecule has 0 radical (unpaired) electrons. The minimum Gasteiger partial charge on any atom is -0.382 e. The van der Waals surface area contributed by atoms with E-state index in [1.54, 1.807) is 0 Å². The van der Waals surface area contributed by atoms with Gasteiger partial charge in [-0.3, -0.25) is 4.90 Å². The minimum atomic E-state index is 0.00557. The maximum atomic E-state index is 5.78. The molecule has 116 valence electrons. The zero-order chi connectivity index (χ0) is 14.7. The molecule has 0 saturated carbocycles. The van der Waals surface area contributed by atoms with Gasteiger partial charge in [0.25, 0.3) is 0 Å². The lowest BCUT2D eigenvalue weighted by atomic mass is 9.94. The van der Waals surface area contributed by atoms with E-state index in [1.165, 1.54) is 37.2 Å². The van der Waals surface area contributed by atoms with Crippen LogP contribution in [0.15, 0.2) is 24.3 Å². The fourth-order valence-electron chi connectivity index (χ4n) is 3.50. The Labute approximate surface area is 128 Å². The number of benzene rings is 1. The molecule has 1 aromatic rings. The Balaban J connectivity index is 1.54. The summed E-state index contributed by atoms with van der Waals surface area (Å²) in [7, 11) is 0. The molecule has 0 aromatic heterocycles. The molecule has 0 spiro atoms. The number of hydrogen-bond donors (Lipinski definition) is 1. The van der Waals surface area contributed by atoms with Gasteiger partial charge in [0.2, 0.25) is 0 Å². The zero-order valence-electron chi connectivity index (χ0n) is 13.4. The van der Waals surface area contributed by atoms with Gasteiger partial charge in [-0.1, -0.05) is 12.1 Å². The Morgan fingerprint density at radius 1 is 1.19 bits per heavy atom. The number of hydrogen-bond acceptors (Lipinski definition) is 3. The van der Waals surface area contributed by atoms with Crippen molar-refractivity contribution in [2.24, 2.45) is 0 Å². The van der Waals surface area contributed by atoms with Crippen molar-refractivity contribution in [2.45, 2.75) is 57.7 Å². The number of rotatable bonds is 4. The van der Waals surface area contributed by atoms with Crippen LogP contribution in [0.4, 0.5) is 5.69 Å². The highest BCUT2D eigenvalue weighted by Crippen LogP contribution is 2.26. The lowest BCUT2D eigenvalue weighted by molar-refractivity contribution is -0.0553. The predicted molar refractivity (Wildman–Crippen MR) is 87.6 cm³/mol. The van der Waals surface area contributed by atoms with E-state index < -0.39 is 0 Å². The molecule has 2 aliphatic rings. The minimum absolute atomic E-state index is 0.00557. The van der Waals surface area contributed by atoms with Crippen LogP contribution in [0.25, 0.3) is 0 Å². The molecule has 2 heterocycles. The van der Waals surface area contributed by atoms with Crippen LogP contribution in [-0.2, 0) is 11.3 Å². The van der Waals surface area contributed by atoms with Crippen molar-refractivity contribution in [3.63, 3.8) is 0 Å². The lowest BCUT2D eigenvalue weighted by Gasteiger charge is -2.36. The standard InChI is InChI=1S/C18H28N2O/c1-18(2)13-17(9-12-21-18)19-16-7-5-15(6-8-16)14-20-10-3-4-11-20/h5-8,17,19H,3-4,9-14H2,1-2H3. The van der Waals surface area contributed by atoms with Crippen molar-refractivity contribution in [3.05, 3.63) is 29.8 Å². The topological polar surface area (TPSA) is 24.5 Å². The average Bonchev–Trinajstić information content (AvgIpc) is 2.93. The van der Waals surface area contributed by atoms with Gasteiger partial charge in [-0.25, -0.2) is 0 Å². The van der Waals surface area contributed by atoms with Crippen molar-refractivity contribution in [1.29, 1.82) is 0 Å². The monoisotopic (exact) mass is 288 g/mol. The van der Waals surface area contributed by atoms with Gasteiger partial charge in [0.05, 0.1) is 5.60 Å². The van der Waals surface area contributed by atoms with Gasteiger partial charge >= 0.3 is 0 Å². The van der Waals surface area contributed by atoms with Gasteiger partial charge < -0.3 is 10.1 Å². The molecule has 3 heteroatoms. The zero-order valence-corrected chi connectivity index (χ0v) is 13.4. The third kappa shape index (κ3) is 4.21. The van der Waals surface area contributed by atoms with Gasteiger partial charge in [-0.2, -0.15) is 0 Å². The average molecular weight is 288 g/mol. The molecule has 2 saturated heterocycles. The smallest absolute Gasteiger partial charge is 0.0646 e. The molecule has 1 N–H and O–H groups in total. The van der Waals surface area contributed by atoms with Gasteiger partial charge in [0.15, 0.2) is 0 Å². The maximum Gasteiger partial charge on any atom is 0.0646 e. The Bertz CT molecular complexity index is 449. The Morgan fingerprint density at radius 2 is 1.90 bits per heavy atom. The number of ether oxygens (including phenoxy) is 1. The van der Waals surface area contributed by atoms with E-state index in [1.807, 2.05) is 0 Å². The molecule has 0 bridgehead atoms. The number of anilines is 1. The summed E-state index contributed by atoms with van der Waals surface area (Å²) in [6.45, 7) is 8.84. The molecule has 1 atom stereocenters. The van der Waals surface area contributed by atoms with E-state index in [0.29, 0.717) is 6.04 Å². The normalized spacial score (nSPS) is 25.9. The maximum absolute atomic E-state index is 5.78. The van der Waals surface area contributed by atoms with E-state index in [2.05, 4.69) is 48.3 Å². The second-order valence-corrected chi connectivity index (χ2v) is 7.12. The highest BCUT2D eigenvalue weighted by atomic mass is 16.5. The van der Waals surface area contributed by atoms with Crippen molar-refractivity contribution in [3.8, 4) is 0 Å². The second kappa shape index (κ2) is 6.37. The van der Waals surface area contributed by atoms with E-state index in [0.717, 1.165) is 26.0 Å². The van der Waals surface area contributed by atoms with Crippen LogP contribution in [-0.4, -0.2) is 36.2 Å². The third-order valence-corrected chi connectivity index (χ3v) is 4.63. The van der Waals surface area contributed by atoms with Crippen LogP contribution in [0.5, 0.6) is 0 Å². The summed E-state index contributed by atoms with van der Waals surface area (Å²) in [5.41, 5.74) is 2.67. The number of nitrogens with one attached hydrogen (secondary N) is 1. The fraction of sp³-hybridized carbons (Fsp3) is 0.667. The first-order valence-electron chi connectivity index (χ1n) is 8.33. The van der Waals surface area contributed by atoms with E-state index >= 15 is 0 Å². The highest BCUT2D eigenvalue weighted by Gasteiger charge is 2.28. The summed E-state index contributed by atoms with van der Waals surface area (Å²) in [4.78, 5) is 2.55. The SMILES string of the molecule is CC1(C)CC(Nc2ccc(CN3CCCC3)cc2)CCO1. The first-order valence-corrected chi connectivity index (χ1v) is 8.33. The molecule has 0 aliphatic carbocycles. The fourth-order valence-corrected chi connectivity index (χ4v) is 3.50. The highest BCUT2D eigenvalue weighted by molar-refractivity contribution is 5.45. The summed E-state index contributed by atoms with van der Waals surface area (Å²) in [5.74, 6) is 0. The van der Waals surface area contributed by atoms with Crippen molar-refractivity contribution in [2.75, 3.05) is 25.0 Å². The summed E-state index contributed by atoms with van der Waals surface area (Å²) in [5, 5.41) is 3.66. The first kappa shape index (κ1) is 14.9. The first-order chi connectivity index (χ1) is 10.1. The van der Waals surface area contributed by atoms with Gasteiger partial charge in [-0.15, -0.1) is 0 Å². The van der Waals surface area contributed by atoms with Crippen LogP contribution >= 0.6 is 0 Å². The molecular formula is C18H28N2O. The molecule has 1 unspecified atom stereocenters. The summed E-state index contributed by atoms with van der Waals surface area (Å²) in [6.07, 6.45) is 4.89. The third-order valence-electron chi connectivity index (χ3n) is 4.63. The van der Waals surface area contributed by atoms with Crippen LogP contribution in [0.3, 0.4) is 0 Å². The van der Waals surface area contributed by atoms with Crippen LogP contribution < -0.4 is 5.32 Å². The molecule has 0 amide bonds. The Morgan fingerprint density at radius 3 is 2.57 bits per heavy atom. The quantitative estimate of drug-likeness (QED) is 0.915. The van der Waals surface area contributed by atoms with Gasteiger partial charge in [0, 0.05) is 24.9 Å². The van der Waals surface area contributed by atoms with Crippen molar-refractivity contribution < 1.29 is 4.74 Å². The number of likely N-dealkylation sites (tertiary alicyclic amines) is 1. The molecule has 2 aliphatic heterocycles. The second-order valence-electron chi connectivity index (χ2n) is 7.12. The lowest BCUT2D eigenvalue weighted by Crippen LogP contribution is -2.40. The van der Waals surface area contributed by atoms with Crippen molar-refractivity contribution in [1.82, 2.24) is 4.90 Å². The molecule has 3 rings (SSSR count). The molecular weight excluding hydrogens is 260 g/mol. The largest absolute Gasteiger partial charge is 0.382 e. The molecule has 3 nitrogen and oxygen atoms in total. The summed E-state index contributed by atoms with van der Waals surface area (Å²) < 4.78 is 5.78. The van der Waals surface area contributed by atoms with Gasteiger partial charge in [-0.05, 0) is 70.3 Å². The van der Waals surface area contributed by atoms with E-state index in [-0.39, 0.29) is 5.60 Å². The van der Waals surface area contributed by atoms with Crippen LogP contribution in [0.1, 0.15) is 45.1 Å². The molecule has 1 aromatic carbocycles. The van der Waals surface area contributed by atoms with E-state index in [9.17, 15) is 0 Å². The predicted octanol–water partition coefficient (Wildman–Crippen LogP) is 3.65. The Hall–Kier alpha value is -1.06. The summed E-state index contributed by atoms with van der Waals surface area (Å²) in [6, 6.07) is 9.52. The van der Waals surface area contributed by atoms with Gasteiger partial charge in [0.1, 0.15) is 0 Å². The number of nitrogens with zero attached hydrogens (tertiary/aromatic N) is 1. The summed E-state index contributed by atoms with van der Waals surface area (Å²) >= 11 is 0. The van der Waals surface area contributed by atoms with Crippen LogP contribution in [0, 0.1) is 0 Å². The molecule has 21 heavy (non-hydrogen) atoms. The molecule has 2 fully saturated rings. The van der Waals surface area contributed by atoms with E-state index in [4.69, 9.17) is 4.74 Å². The van der Waals surface area contributed by atoms with Crippen LogP contribution in [0.2, 0.25) is 0 Å². The Kier molecular flexibility index (Phi) is 4.51. The van der Waals surface area contributed by atoms with Crippen molar-refractivity contribution >= 4 is 5.69 Å².